The zero-order valence-electron chi connectivity index (χ0n) is 11.9. The first-order chi connectivity index (χ1) is 9.16. The van der Waals surface area contributed by atoms with Crippen molar-refractivity contribution in [1.29, 1.82) is 0 Å². The highest BCUT2D eigenvalue weighted by atomic mass is 16.5. The van der Waals surface area contributed by atoms with E-state index in [0.29, 0.717) is 12.7 Å². The molecule has 0 aromatic heterocycles. The van der Waals surface area contributed by atoms with Crippen LogP contribution in [0.1, 0.15) is 49.8 Å². The van der Waals surface area contributed by atoms with Crippen molar-refractivity contribution in [2.24, 2.45) is 0 Å². The molecule has 1 fully saturated rings. The van der Waals surface area contributed by atoms with Gasteiger partial charge in [0.15, 0.2) is 0 Å². The summed E-state index contributed by atoms with van der Waals surface area (Å²) in [7, 11) is 0. The number of aliphatic hydroxyl groups excluding tert-OH is 1. The Bertz CT molecular complexity index is 395. The molecule has 1 aromatic carbocycles. The third-order valence-electron chi connectivity index (χ3n) is 3.57. The molecule has 1 aromatic rings. The zero-order chi connectivity index (χ0) is 13.7. The second-order valence-electron chi connectivity index (χ2n) is 5.34. The maximum absolute atomic E-state index is 9.76. The van der Waals surface area contributed by atoms with E-state index in [-0.39, 0.29) is 0 Å². The van der Waals surface area contributed by atoms with Crippen LogP contribution in [0, 0.1) is 6.92 Å². The predicted octanol–water partition coefficient (Wildman–Crippen LogP) is 3.39. The molecule has 2 unspecified atom stereocenters. The van der Waals surface area contributed by atoms with Crippen LogP contribution in [0.5, 0.6) is 5.75 Å². The van der Waals surface area contributed by atoms with E-state index >= 15 is 0 Å². The van der Waals surface area contributed by atoms with Crippen molar-refractivity contribution in [3.63, 3.8) is 0 Å². The highest BCUT2D eigenvalue weighted by Crippen LogP contribution is 2.26. The Hall–Kier alpha value is -1.06. The normalized spacial score (nSPS) is 20.5. The van der Waals surface area contributed by atoms with E-state index in [1.54, 1.807) is 6.92 Å². The molecule has 1 saturated heterocycles. The van der Waals surface area contributed by atoms with Crippen LogP contribution in [0.25, 0.3) is 0 Å². The van der Waals surface area contributed by atoms with Crippen molar-refractivity contribution in [2.45, 2.75) is 51.7 Å². The van der Waals surface area contributed by atoms with Gasteiger partial charge in [-0.25, -0.2) is 0 Å². The molecule has 1 aliphatic heterocycles. The molecule has 0 bridgehead atoms. The van der Waals surface area contributed by atoms with Gasteiger partial charge < -0.3 is 14.6 Å². The third-order valence-corrected chi connectivity index (χ3v) is 3.57. The number of hydrogen-bond acceptors (Lipinski definition) is 3. The topological polar surface area (TPSA) is 38.7 Å². The van der Waals surface area contributed by atoms with Gasteiger partial charge in [0.05, 0.1) is 18.8 Å². The minimum absolute atomic E-state index is 0.429. The molecule has 1 aliphatic rings. The Labute approximate surface area is 115 Å². The summed E-state index contributed by atoms with van der Waals surface area (Å²) < 4.78 is 11.4. The molecule has 3 heteroatoms. The molecule has 2 atom stereocenters. The van der Waals surface area contributed by atoms with Crippen LogP contribution in [0.2, 0.25) is 0 Å². The fourth-order valence-corrected chi connectivity index (χ4v) is 2.49. The number of hydrogen-bond donors (Lipinski definition) is 1. The van der Waals surface area contributed by atoms with Gasteiger partial charge in [-0.05, 0) is 51.7 Å². The maximum Gasteiger partial charge on any atom is 0.125 e. The SMILES string of the molecule is Cc1ccc(OCCCC2CCCO2)c(C(C)O)c1. The summed E-state index contributed by atoms with van der Waals surface area (Å²) in [6.07, 6.45) is 4.37. The molecule has 2 rings (SSSR count). The Morgan fingerprint density at radius 2 is 2.32 bits per heavy atom. The first-order valence-corrected chi connectivity index (χ1v) is 7.20. The zero-order valence-corrected chi connectivity index (χ0v) is 11.9. The van der Waals surface area contributed by atoms with Crippen LogP contribution in [0.3, 0.4) is 0 Å². The van der Waals surface area contributed by atoms with Crippen molar-refractivity contribution in [1.82, 2.24) is 0 Å². The van der Waals surface area contributed by atoms with E-state index in [4.69, 9.17) is 9.47 Å². The highest BCUT2D eigenvalue weighted by molar-refractivity contribution is 5.38. The van der Waals surface area contributed by atoms with E-state index in [2.05, 4.69) is 0 Å². The summed E-state index contributed by atoms with van der Waals surface area (Å²) in [5, 5.41) is 9.76. The Balaban J connectivity index is 1.81. The Morgan fingerprint density at radius 3 is 3.00 bits per heavy atom. The Morgan fingerprint density at radius 1 is 1.47 bits per heavy atom. The minimum atomic E-state index is -0.493. The van der Waals surface area contributed by atoms with E-state index in [1.165, 1.54) is 12.8 Å². The summed E-state index contributed by atoms with van der Waals surface area (Å²) >= 11 is 0. The van der Waals surface area contributed by atoms with Gasteiger partial charge in [-0.15, -0.1) is 0 Å². The van der Waals surface area contributed by atoms with E-state index < -0.39 is 6.10 Å². The lowest BCUT2D eigenvalue weighted by molar-refractivity contribution is 0.0978. The van der Waals surface area contributed by atoms with Gasteiger partial charge in [-0.2, -0.15) is 0 Å². The standard InChI is InChI=1S/C16H24O3/c1-12-7-8-16(15(11-12)13(2)17)19-10-4-6-14-5-3-9-18-14/h7-8,11,13-14,17H,3-6,9-10H2,1-2H3. The van der Waals surface area contributed by atoms with Crippen molar-refractivity contribution in [2.75, 3.05) is 13.2 Å². The van der Waals surface area contributed by atoms with Crippen molar-refractivity contribution >= 4 is 0 Å². The molecule has 0 radical (unpaired) electrons. The predicted molar refractivity (Wildman–Crippen MR) is 75.5 cm³/mol. The quantitative estimate of drug-likeness (QED) is 0.800. The number of aliphatic hydroxyl groups is 1. The van der Waals surface area contributed by atoms with Gasteiger partial charge in [0, 0.05) is 12.2 Å². The molecule has 3 nitrogen and oxygen atoms in total. The van der Waals surface area contributed by atoms with Crippen LogP contribution in [-0.4, -0.2) is 24.4 Å². The molecule has 0 spiro atoms. The second kappa shape index (κ2) is 6.92. The lowest BCUT2D eigenvalue weighted by Crippen LogP contribution is -2.08. The summed E-state index contributed by atoms with van der Waals surface area (Å²) in [5.74, 6) is 0.799. The highest BCUT2D eigenvalue weighted by Gasteiger charge is 2.15. The van der Waals surface area contributed by atoms with Crippen LogP contribution >= 0.6 is 0 Å². The van der Waals surface area contributed by atoms with Crippen molar-refractivity contribution < 1.29 is 14.6 Å². The maximum atomic E-state index is 9.76. The summed E-state index contributed by atoms with van der Waals surface area (Å²) in [5.41, 5.74) is 2.01. The largest absolute Gasteiger partial charge is 0.493 e. The summed E-state index contributed by atoms with van der Waals surface area (Å²) in [6.45, 7) is 5.39. The summed E-state index contributed by atoms with van der Waals surface area (Å²) in [6, 6.07) is 5.95. The van der Waals surface area contributed by atoms with Gasteiger partial charge >= 0.3 is 0 Å². The van der Waals surface area contributed by atoms with Gasteiger partial charge in [-0.1, -0.05) is 11.6 Å². The van der Waals surface area contributed by atoms with E-state index in [9.17, 15) is 5.11 Å². The van der Waals surface area contributed by atoms with E-state index in [0.717, 1.165) is 36.3 Å². The lowest BCUT2D eigenvalue weighted by Gasteiger charge is -2.15. The molecule has 0 amide bonds. The molecule has 0 aliphatic carbocycles. The number of rotatable bonds is 6. The van der Waals surface area contributed by atoms with Gasteiger partial charge in [0.25, 0.3) is 0 Å². The Kier molecular flexibility index (Phi) is 5.23. The molecular weight excluding hydrogens is 240 g/mol. The van der Waals surface area contributed by atoms with Crippen LogP contribution in [0.15, 0.2) is 18.2 Å². The molecule has 106 valence electrons. The van der Waals surface area contributed by atoms with E-state index in [1.807, 2.05) is 25.1 Å². The molecule has 19 heavy (non-hydrogen) atoms. The third kappa shape index (κ3) is 4.22. The van der Waals surface area contributed by atoms with Gasteiger partial charge in [0.2, 0.25) is 0 Å². The van der Waals surface area contributed by atoms with Gasteiger partial charge in [0.1, 0.15) is 5.75 Å². The van der Waals surface area contributed by atoms with Crippen molar-refractivity contribution in [3.05, 3.63) is 29.3 Å². The van der Waals surface area contributed by atoms with Crippen LogP contribution in [-0.2, 0) is 4.74 Å². The average Bonchev–Trinajstić information content (AvgIpc) is 2.89. The monoisotopic (exact) mass is 264 g/mol. The molecule has 1 N–H and O–H groups in total. The number of benzene rings is 1. The smallest absolute Gasteiger partial charge is 0.125 e. The van der Waals surface area contributed by atoms with Crippen LogP contribution < -0.4 is 4.74 Å². The molecular formula is C16H24O3. The molecule has 0 saturated carbocycles. The van der Waals surface area contributed by atoms with Gasteiger partial charge in [-0.3, -0.25) is 0 Å². The minimum Gasteiger partial charge on any atom is -0.493 e. The van der Waals surface area contributed by atoms with Crippen LogP contribution in [0.4, 0.5) is 0 Å². The first kappa shape index (κ1) is 14.4. The lowest BCUT2D eigenvalue weighted by atomic mass is 10.1. The summed E-state index contributed by atoms with van der Waals surface area (Å²) in [4.78, 5) is 0. The number of ether oxygens (including phenoxy) is 2. The first-order valence-electron chi connectivity index (χ1n) is 7.20. The van der Waals surface area contributed by atoms with Crippen molar-refractivity contribution in [3.8, 4) is 5.75 Å². The fraction of sp³-hybridized carbons (Fsp3) is 0.625. The average molecular weight is 264 g/mol. The molecule has 1 heterocycles. The fourth-order valence-electron chi connectivity index (χ4n) is 2.49. The second-order valence-corrected chi connectivity index (χ2v) is 5.34. The number of aryl methyl sites for hydroxylation is 1.